The van der Waals surface area contributed by atoms with Crippen LogP contribution in [0.25, 0.3) is 0 Å². The maximum absolute atomic E-state index is 13.3. The molecule has 0 saturated carbocycles. The molecular formula is C28H20N2O3. The fraction of sp³-hybridized carbons (Fsp3) is 0.0357. The van der Waals surface area contributed by atoms with Crippen molar-refractivity contribution < 1.29 is 14.4 Å². The highest BCUT2D eigenvalue weighted by atomic mass is 16.2. The molecule has 0 unspecified atom stereocenters. The summed E-state index contributed by atoms with van der Waals surface area (Å²) in [5.41, 5.74) is 3.36. The molecule has 1 aliphatic rings. The lowest BCUT2D eigenvalue weighted by molar-refractivity contribution is 0.0917. The van der Waals surface area contributed by atoms with Crippen molar-refractivity contribution in [1.29, 1.82) is 0 Å². The number of benzene rings is 4. The van der Waals surface area contributed by atoms with E-state index in [0.29, 0.717) is 22.4 Å². The minimum absolute atomic E-state index is 0.300. The van der Waals surface area contributed by atoms with Crippen molar-refractivity contribution in [3.05, 3.63) is 137 Å². The van der Waals surface area contributed by atoms with Crippen molar-refractivity contribution in [1.82, 2.24) is 5.32 Å². The summed E-state index contributed by atoms with van der Waals surface area (Å²) in [5.74, 6) is -1.08. The van der Waals surface area contributed by atoms with Crippen LogP contribution in [0.1, 0.15) is 48.2 Å². The molecule has 5 heteroatoms. The van der Waals surface area contributed by atoms with Gasteiger partial charge in [-0.05, 0) is 41.5 Å². The zero-order valence-electron chi connectivity index (χ0n) is 17.6. The van der Waals surface area contributed by atoms with Crippen LogP contribution in [-0.2, 0) is 0 Å². The summed E-state index contributed by atoms with van der Waals surface area (Å²) in [5, 5.41) is 3.10. The van der Waals surface area contributed by atoms with Gasteiger partial charge in [0.15, 0.2) is 0 Å². The molecule has 0 radical (unpaired) electrons. The molecule has 3 amide bonds. The maximum atomic E-state index is 13.3. The molecule has 0 fully saturated rings. The lowest BCUT2D eigenvalue weighted by Gasteiger charge is -2.21. The largest absolute Gasteiger partial charge is 0.341 e. The quantitative estimate of drug-likeness (QED) is 0.451. The summed E-state index contributed by atoms with van der Waals surface area (Å²) in [7, 11) is 0. The number of carbonyl (C=O) groups is 3. The predicted molar refractivity (Wildman–Crippen MR) is 126 cm³/mol. The lowest BCUT2D eigenvalue weighted by atomic mass is 9.98. The van der Waals surface area contributed by atoms with E-state index in [4.69, 9.17) is 0 Å². The van der Waals surface area contributed by atoms with Gasteiger partial charge in [-0.25, -0.2) is 4.90 Å². The van der Waals surface area contributed by atoms with Gasteiger partial charge in [-0.2, -0.15) is 0 Å². The number of imide groups is 1. The Morgan fingerprint density at radius 1 is 0.636 bits per heavy atom. The number of nitrogens with one attached hydrogen (secondary N) is 1. The van der Waals surface area contributed by atoms with Crippen LogP contribution in [0.5, 0.6) is 0 Å². The van der Waals surface area contributed by atoms with Crippen molar-refractivity contribution in [2.24, 2.45) is 0 Å². The number of hydrogen-bond donors (Lipinski definition) is 1. The minimum Gasteiger partial charge on any atom is -0.341 e. The molecule has 33 heavy (non-hydrogen) atoms. The Hall–Kier alpha value is -4.51. The second-order valence-corrected chi connectivity index (χ2v) is 7.77. The Kier molecular flexibility index (Phi) is 5.29. The third-order valence-corrected chi connectivity index (χ3v) is 5.70. The second-order valence-electron chi connectivity index (χ2n) is 7.77. The molecule has 0 bridgehead atoms. The first-order chi connectivity index (χ1) is 16.1. The lowest BCUT2D eigenvalue weighted by Crippen LogP contribution is -2.31. The number of amides is 3. The highest BCUT2D eigenvalue weighted by Gasteiger charge is 2.36. The van der Waals surface area contributed by atoms with E-state index < -0.39 is 0 Å². The fourth-order valence-electron chi connectivity index (χ4n) is 4.07. The first-order valence-electron chi connectivity index (χ1n) is 10.6. The van der Waals surface area contributed by atoms with Crippen LogP contribution in [0.2, 0.25) is 0 Å². The summed E-state index contributed by atoms with van der Waals surface area (Å²) in [6.45, 7) is 0. The van der Waals surface area contributed by atoms with Gasteiger partial charge in [0.25, 0.3) is 17.7 Å². The Labute approximate surface area is 191 Å². The molecule has 0 saturated heterocycles. The van der Waals surface area contributed by atoms with Crippen LogP contribution in [-0.4, -0.2) is 17.7 Å². The van der Waals surface area contributed by atoms with Crippen molar-refractivity contribution >= 4 is 23.4 Å². The molecular weight excluding hydrogens is 412 g/mol. The van der Waals surface area contributed by atoms with E-state index in [1.807, 2.05) is 60.7 Å². The van der Waals surface area contributed by atoms with Gasteiger partial charge in [0.2, 0.25) is 0 Å². The zero-order chi connectivity index (χ0) is 22.8. The maximum Gasteiger partial charge on any atom is 0.266 e. The normalized spacial score (nSPS) is 12.7. The van der Waals surface area contributed by atoms with E-state index in [1.54, 1.807) is 48.5 Å². The summed E-state index contributed by atoms with van der Waals surface area (Å²) < 4.78 is 0. The molecule has 5 rings (SSSR count). The Bertz CT molecular complexity index is 1280. The van der Waals surface area contributed by atoms with E-state index in [0.717, 1.165) is 16.0 Å². The average Bonchev–Trinajstić information content (AvgIpc) is 3.13. The van der Waals surface area contributed by atoms with Crippen LogP contribution < -0.4 is 10.2 Å². The highest BCUT2D eigenvalue weighted by Crippen LogP contribution is 2.29. The van der Waals surface area contributed by atoms with Gasteiger partial charge in [-0.1, -0.05) is 78.9 Å². The number of anilines is 1. The van der Waals surface area contributed by atoms with Crippen LogP contribution in [0, 0.1) is 0 Å². The average molecular weight is 432 g/mol. The van der Waals surface area contributed by atoms with E-state index >= 15 is 0 Å². The first-order valence-corrected chi connectivity index (χ1v) is 10.6. The monoisotopic (exact) mass is 432 g/mol. The number of hydrogen-bond acceptors (Lipinski definition) is 3. The summed E-state index contributed by atoms with van der Waals surface area (Å²) in [4.78, 5) is 40.1. The van der Waals surface area contributed by atoms with Gasteiger partial charge in [-0.15, -0.1) is 0 Å². The van der Waals surface area contributed by atoms with Crippen molar-refractivity contribution in [2.45, 2.75) is 6.04 Å². The summed E-state index contributed by atoms with van der Waals surface area (Å²) >= 11 is 0. The standard InChI is InChI=1S/C28H20N2O3/c31-26(29-25(19-10-3-1-4-11-19)20-12-5-2-6-13-20)21-14-9-15-22(18-21)30-27(32)23-16-7-8-17-24(23)28(30)33/h1-18,25H,(H,29,31). The molecule has 4 aromatic rings. The van der Waals surface area contributed by atoms with Gasteiger partial charge >= 0.3 is 0 Å². The van der Waals surface area contributed by atoms with Gasteiger partial charge in [0.05, 0.1) is 22.9 Å². The van der Waals surface area contributed by atoms with Crippen LogP contribution in [0.4, 0.5) is 5.69 Å². The molecule has 1 N–H and O–H groups in total. The Balaban J connectivity index is 1.45. The van der Waals surface area contributed by atoms with E-state index in [9.17, 15) is 14.4 Å². The Morgan fingerprint density at radius 3 is 1.70 bits per heavy atom. The molecule has 1 aliphatic heterocycles. The van der Waals surface area contributed by atoms with Gasteiger partial charge in [-0.3, -0.25) is 14.4 Å². The van der Waals surface area contributed by atoms with Crippen molar-refractivity contribution in [3.8, 4) is 0 Å². The van der Waals surface area contributed by atoms with Crippen LogP contribution >= 0.6 is 0 Å². The highest BCUT2D eigenvalue weighted by molar-refractivity contribution is 6.34. The number of carbonyl (C=O) groups excluding carboxylic acids is 3. The molecule has 0 atom stereocenters. The molecule has 4 aromatic carbocycles. The third-order valence-electron chi connectivity index (χ3n) is 5.70. The molecule has 1 heterocycles. The topological polar surface area (TPSA) is 66.5 Å². The number of fused-ring (bicyclic) bond motifs is 1. The SMILES string of the molecule is O=C(NC(c1ccccc1)c1ccccc1)c1cccc(N2C(=O)c3ccccc3C2=O)c1. The van der Waals surface area contributed by atoms with Crippen molar-refractivity contribution in [2.75, 3.05) is 4.90 Å². The summed E-state index contributed by atoms with van der Waals surface area (Å²) in [6, 6.07) is 32.4. The minimum atomic E-state index is -0.389. The van der Waals surface area contributed by atoms with Gasteiger partial charge < -0.3 is 5.32 Å². The second kappa shape index (κ2) is 8.55. The molecule has 0 spiro atoms. The molecule has 5 nitrogen and oxygen atoms in total. The summed E-state index contributed by atoms with van der Waals surface area (Å²) in [6.07, 6.45) is 0. The van der Waals surface area contributed by atoms with Crippen molar-refractivity contribution in [3.63, 3.8) is 0 Å². The van der Waals surface area contributed by atoms with Crippen LogP contribution in [0.3, 0.4) is 0 Å². The first kappa shape index (κ1) is 20.4. The smallest absolute Gasteiger partial charge is 0.266 e. The Morgan fingerprint density at radius 2 is 1.15 bits per heavy atom. The zero-order valence-corrected chi connectivity index (χ0v) is 17.6. The van der Waals surface area contributed by atoms with E-state index in [1.165, 1.54) is 0 Å². The number of nitrogens with zero attached hydrogens (tertiary/aromatic N) is 1. The van der Waals surface area contributed by atoms with Gasteiger partial charge in [0, 0.05) is 5.56 Å². The fourth-order valence-corrected chi connectivity index (χ4v) is 4.07. The molecule has 0 aromatic heterocycles. The molecule has 0 aliphatic carbocycles. The van der Waals surface area contributed by atoms with Gasteiger partial charge in [0.1, 0.15) is 0 Å². The third kappa shape index (κ3) is 3.81. The number of rotatable bonds is 5. The predicted octanol–water partition coefficient (Wildman–Crippen LogP) is 5.01. The van der Waals surface area contributed by atoms with E-state index in [-0.39, 0.29) is 23.8 Å². The van der Waals surface area contributed by atoms with Crippen LogP contribution in [0.15, 0.2) is 109 Å². The molecule has 160 valence electrons. The van der Waals surface area contributed by atoms with E-state index in [2.05, 4.69) is 5.32 Å².